The Bertz CT molecular complexity index is 335. The van der Waals surface area contributed by atoms with Crippen molar-refractivity contribution in [3.8, 4) is 0 Å². The highest BCUT2D eigenvalue weighted by Crippen LogP contribution is 2.42. The van der Waals surface area contributed by atoms with Gasteiger partial charge in [0.15, 0.2) is 0 Å². The minimum absolute atomic E-state index is 0.0493. The Kier molecular flexibility index (Phi) is 7.12. The maximum atomic E-state index is 12.0. The number of amides is 1. The number of hydrogen-bond donors (Lipinski definition) is 2. The predicted molar refractivity (Wildman–Crippen MR) is 76.2 cm³/mol. The van der Waals surface area contributed by atoms with E-state index in [1.165, 1.54) is 6.26 Å². The van der Waals surface area contributed by atoms with Crippen molar-refractivity contribution in [3.05, 3.63) is 12.8 Å². The third kappa shape index (κ3) is 6.08. The number of carbonyl (C=O) groups is 2. The second-order valence-corrected chi connectivity index (χ2v) is 5.55. The van der Waals surface area contributed by atoms with Gasteiger partial charge in [-0.3, -0.25) is 9.59 Å². The van der Waals surface area contributed by atoms with Gasteiger partial charge in [0.2, 0.25) is 5.91 Å². The number of rotatable bonds is 9. The summed E-state index contributed by atoms with van der Waals surface area (Å²) in [5, 5.41) is 11.9. The molecule has 0 saturated heterocycles. The lowest BCUT2D eigenvalue weighted by Gasteiger charge is -2.35. The zero-order valence-electron chi connectivity index (χ0n) is 12.0. The zero-order chi connectivity index (χ0) is 14.8. The summed E-state index contributed by atoms with van der Waals surface area (Å²) >= 11 is 0. The normalized spacial score (nSPS) is 17.2. The first kappa shape index (κ1) is 16.5. The van der Waals surface area contributed by atoms with Crippen LogP contribution in [-0.2, 0) is 14.3 Å². The average molecular weight is 283 g/mol. The first-order chi connectivity index (χ1) is 9.58. The summed E-state index contributed by atoms with van der Waals surface area (Å²) < 4.78 is 4.97. The van der Waals surface area contributed by atoms with Crippen LogP contribution < -0.4 is 5.32 Å². The Hall–Kier alpha value is -1.52. The van der Waals surface area contributed by atoms with Crippen LogP contribution in [0.25, 0.3) is 0 Å². The Morgan fingerprint density at radius 2 is 1.95 bits per heavy atom. The molecule has 114 valence electrons. The summed E-state index contributed by atoms with van der Waals surface area (Å²) in [6, 6.07) is 0. The molecule has 0 spiro atoms. The van der Waals surface area contributed by atoms with Gasteiger partial charge in [-0.2, -0.15) is 0 Å². The standard InChI is InChI=1S/C15H25NO4/c1-2-20-10-6-9-16-13(17)11-15(12-14(18)19)7-4-3-5-8-15/h2H,1,3-12H2,(H,16,17)(H,18,19). The fraction of sp³-hybridized carbons (Fsp3) is 0.733. The second kappa shape index (κ2) is 8.61. The van der Waals surface area contributed by atoms with Gasteiger partial charge in [-0.05, 0) is 24.7 Å². The van der Waals surface area contributed by atoms with Gasteiger partial charge in [-0.1, -0.05) is 25.8 Å². The number of aliphatic carboxylic acids is 1. The van der Waals surface area contributed by atoms with Gasteiger partial charge in [0.25, 0.3) is 0 Å². The Morgan fingerprint density at radius 1 is 1.25 bits per heavy atom. The number of hydrogen-bond acceptors (Lipinski definition) is 3. The molecule has 0 heterocycles. The summed E-state index contributed by atoms with van der Waals surface area (Å²) in [5.74, 6) is -0.856. The molecule has 2 N–H and O–H groups in total. The van der Waals surface area contributed by atoms with Gasteiger partial charge in [0.1, 0.15) is 0 Å². The minimum atomic E-state index is -0.806. The first-order valence-electron chi connectivity index (χ1n) is 7.29. The third-order valence-corrected chi connectivity index (χ3v) is 3.85. The molecule has 0 aromatic heterocycles. The lowest BCUT2D eigenvalue weighted by molar-refractivity contribution is -0.141. The summed E-state index contributed by atoms with van der Waals surface area (Å²) in [7, 11) is 0. The molecule has 0 bridgehead atoms. The maximum Gasteiger partial charge on any atom is 0.303 e. The topological polar surface area (TPSA) is 75.6 Å². The van der Waals surface area contributed by atoms with Crippen LogP contribution in [0, 0.1) is 5.41 Å². The van der Waals surface area contributed by atoms with Gasteiger partial charge >= 0.3 is 5.97 Å². The largest absolute Gasteiger partial charge is 0.502 e. The molecule has 1 saturated carbocycles. The Morgan fingerprint density at radius 3 is 2.55 bits per heavy atom. The summed E-state index contributed by atoms with van der Waals surface area (Å²) in [6.45, 7) is 4.53. The van der Waals surface area contributed by atoms with Crippen LogP contribution in [0.15, 0.2) is 12.8 Å². The van der Waals surface area contributed by atoms with E-state index < -0.39 is 5.97 Å². The van der Waals surface area contributed by atoms with E-state index in [9.17, 15) is 9.59 Å². The monoisotopic (exact) mass is 283 g/mol. The van der Waals surface area contributed by atoms with Crippen molar-refractivity contribution in [2.75, 3.05) is 13.2 Å². The molecular weight excluding hydrogens is 258 g/mol. The number of carboxylic acids is 1. The third-order valence-electron chi connectivity index (χ3n) is 3.85. The molecule has 1 rings (SSSR count). The van der Waals surface area contributed by atoms with Crippen molar-refractivity contribution in [1.29, 1.82) is 0 Å². The fourth-order valence-corrected chi connectivity index (χ4v) is 2.91. The molecule has 1 aliphatic carbocycles. The molecule has 5 nitrogen and oxygen atoms in total. The van der Waals surface area contributed by atoms with Crippen LogP contribution in [0.2, 0.25) is 0 Å². The zero-order valence-corrected chi connectivity index (χ0v) is 12.0. The van der Waals surface area contributed by atoms with Crippen LogP contribution in [0.4, 0.5) is 0 Å². The molecule has 20 heavy (non-hydrogen) atoms. The van der Waals surface area contributed by atoms with Gasteiger partial charge in [0.05, 0.1) is 19.3 Å². The van der Waals surface area contributed by atoms with Gasteiger partial charge < -0.3 is 15.2 Å². The van der Waals surface area contributed by atoms with Crippen LogP contribution >= 0.6 is 0 Å². The molecule has 1 aliphatic rings. The Balaban J connectivity index is 2.38. The van der Waals surface area contributed by atoms with Gasteiger partial charge in [-0.25, -0.2) is 0 Å². The van der Waals surface area contributed by atoms with Crippen LogP contribution in [-0.4, -0.2) is 30.1 Å². The van der Waals surface area contributed by atoms with Gasteiger partial charge in [0, 0.05) is 13.0 Å². The smallest absolute Gasteiger partial charge is 0.303 e. The van der Waals surface area contributed by atoms with E-state index in [4.69, 9.17) is 9.84 Å². The molecule has 0 aromatic rings. The van der Waals surface area contributed by atoms with Crippen molar-refractivity contribution in [1.82, 2.24) is 5.32 Å². The number of carbonyl (C=O) groups excluding carboxylic acids is 1. The molecule has 1 amide bonds. The molecule has 0 atom stereocenters. The minimum Gasteiger partial charge on any atom is -0.502 e. The van der Waals surface area contributed by atoms with E-state index in [1.807, 2.05) is 0 Å². The van der Waals surface area contributed by atoms with Crippen molar-refractivity contribution in [3.63, 3.8) is 0 Å². The second-order valence-electron chi connectivity index (χ2n) is 5.55. The lowest BCUT2D eigenvalue weighted by atomic mass is 9.69. The average Bonchev–Trinajstić information content (AvgIpc) is 2.38. The Labute approximate surface area is 120 Å². The van der Waals surface area contributed by atoms with Crippen LogP contribution in [0.5, 0.6) is 0 Å². The van der Waals surface area contributed by atoms with E-state index in [-0.39, 0.29) is 17.7 Å². The number of carboxylic acid groups (broad SMARTS) is 1. The van der Waals surface area contributed by atoms with E-state index >= 15 is 0 Å². The van der Waals surface area contributed by atoms with Crippen molar-refractivity contribution < 1.29 is 19.4 Å². The van der Waals surface area contributed by atoms with E-state index in [0.717, 1.165) is 38.5 Å². The van der Waals surface area contributed by atoms with Gasteiger partial charge in [-0.15, -0.1) is 0 Å². The van der Waals surface area contributed by atoms with Crippen LogP contribution in [0.1, 0.15) is 51.4 Å². The van der Waals surface area contributed by atoms with E-state index in [2.05, 4.69) is 11.9 Å². The van der Waals surface area contributed by atoms with Crippen LogP contribution in [0.3, 0.4) is 0 Å². The lowest BCUT2D eigenvalue weighted by Crippen LogP contribution is -2.35. The first-order valence-corrected chi connectivity index (χ1v) is 7.29. The molecule has 0 unspecified atom stereocenters. The van der Waals surface area contributed by atoms with Crippen molar-refractivity contribution in [2.24, 2.45) is 5.41 Å². The molecule has 1 fully saturated rings. The molecular formula is C15H25NO4. The SMILES string of the molecule is C=COCCCNC(=O)CC1(CC(=O)O)CCCCC1. The van der Waals surface area contributed by atoms with Crippen molar-refractivity contribution in [2.45, 2.75) is 51.4 Å². The fourth-order valence-electron chi connectivity index (χ4n) is 2.91. The summed E-state index contributed by atoms with van der Waals surface area (Å²) in [4.78, 5) is 23.0. The van der Waals surface area contributed by atoms with E-state index in [0.29, 0.717) is 19.6 Å². The highest BCUT2D eigenvalue weighted by molar-refractivity contribution is 5.78. The number of nitrogens with one attached hydrogen (secondary N) is 1. The highest BCUT2D eigenvalue weighted by atomic mass is 16.5. The van der Waals surface area contributed by atoms with Crippen molar-refractivity contribution >= 4 is 11.9 Å². The quantitative estimate of drug-likeness (QED) is 0.503. The molecule has 0 radical (unpaired) electrons. The van der Waals surface area contributed by atoms with E-state index in [1.54, 1.807) is 0 Å². The molecule has 0 aromatic carbocycles. The predicted octanol–water partition coefficient (Wildman–Crippen LogP) is 2.47. The molecule has 0 aliphatic heterocycles. The number of ether oxygens (including phenoxy) is 1. The highest BCUT2D eigenvalue weighted by Gasteiger charge is 2.36. The molecule has 5 heteroatoms. The summed E-state index contributed by atoms with van der Waals surface area (Å²) in [6.07, 6.45) is 7.39. The summed E-state index contributed by atoms with van der Waals surface area (Å²) in [5.41, 5.74) is -0.341. The maximum absolute atomic E-state index is 12.0.